The summed E-state index contributed by atoms with van der Waals surface area (Å²) >= 11 is 0. The lowest BCUT2D eigenvalue weighted by atomic mass is 10.1. The number of phenolic OH excluding ortho intramolecular Hbond substituents is 3. The van der Waals surface area contributed by atoms with Crippen molar-refractivity contribution in [2.24, 2.45) is 0 Å². The molecule has 0 aliphatic carbocycles. The third-order valence-corrected chi connectivity index (χ3v) is 2.52. The normalized spacial score (nSPS) is 10.1. The minimum Gasteiger partial charge on any atom is -0.508 e. The van der Waals surface area contributed by atoms with Gasteiger partial charge in [-0.1, -0.05) is 0 Å². The third kappa shape index (κ3) is 2.68. The van der Waals surface area contributed by atoms with Crippen LogP contribution in [-0.4, -0.2) is 21.2 Å². The first kappa shape index (κ1) is 12.6. The zero-order valence-electron chi connectivity index (χ0n) is 9.79. The minimum absolute atomic E-state index is 0.00206. The predicted molar refractivity (Wildman–Crippen MR) is 70.2 cm³/mol. The summed E-state index contributed by atoms with van der Waals surface area (Å²) in [4.78, 5) is 11.9. The summed E-state index contributed by atoms with van der Waals surface area (Å²) < 4.78 is 0. The van der Waals surface area contributed by atoms with Crippen LogP contribution in [0, 0.1) is 0 Å². The van der Waals surface area contributed by atoms with Crippen molar-refractivity contribution in [2.45, 2.75) is 0 Å². The lowest BCUT2D eigenvalue weighted by Gasteiger charge is -2.09. The topological polar surface area (TPSA) is 116 Å². The predicted octanol–water partition coefficient (Wildman–Crippen LogP) is 1.64. The number of amides is 1. The Morgan fingerprint density at radius 3 is 2.37 bits per heavy atom. The van der Waals surface area contributed by atoms with Gasteiger partial charge in [-0.25, -0.2) is 0 Å². The van der Waals surface area contributed by atoms with Crippen LogP contribution in [0.2, 0.25) is 0 Å². The number of rotatable bonds is 2. The molecule has 6 heteroatoms. The van der Waals surface area contributed by atoms with Crippen molar-refractivity contribution in [2.75, 3.05) is 11.1 Å². The van der Waals surface area contributed by atoms with Gasteiger partial charge in [0, 0.05) is 11.6 Å². The summed E-state index contributed by atoms with van der Waals surface area (Å²) in [6.07, 6.45) is 0. The molecule has 0 fully saturated rings. The van der Waals surface area contributed by atoms with Crippen LogP contribution in [0.15, 0.2) is 36.4 Å². The van der Waals surface area contributed by atoms with Gasteiger partial charge in [0.15, 0.2) is 11.5 Å². The summed E-state index contributed by atoms with van der Waals surface area (Å²) in [5, 5.41) is 30.2. The number of benzene rings is 2. The first-order valence-electron chi connectivity index (χ1n) is 5.39. The second-order valence-corrected chi connectivity index (χ2v) is 3.93. The number of anilines is 2. The van der Waals surface area contributed by atoms with E-state index >= 15 is 0 Å². The highest BCUT2D eigenvalue weighted by atomic mass is 16.3. The highest BCUT2D eigenvalue weighted by Gasteiger charge is 2.10. The Labute approximate surface area is 108 Å². The van der Waals surface area contributed by atoms with Crippen LogP contribution in [0.4, 0.5) is 11.4 Å². The number of phenols is 3. The number of nitrogens with two attached hydrogens (primary N) is 1. The molecule has 19 heavy (non-hydrogen) atoms. The van der Waals surface area contributed by atoms with E-state index in [4.69, 9.17) is 10.8 Å². The van der Waals surface area contributed by atoms with Crippen molar-refractivity contribution in [3.05, 3.63) is 42.0 Å². The molecule has 0 spiro atoms. The summed E-state index contributed by atoms with van der Waals surface area (Å²) in [6.45, 7) is 0. The van der Waals surface area contributed by atoms with E-state index in [0.717, 1.165) is 6.07 Å². The molecular formula is C13H12N2O4. The molecule has 0 saturated heterocycles. The van der Waals surface area contributed by atoms with Gasteiger partial charge in [-0.3, -0.25) is 4.79 Å². The fourth-order valence-corrected chi connectivity index (χ4v) is 1.52. The summed E-state index contributed by atoms with van der Waals surface area (Å²) in [6, 6.07) is 7.87. The first-order valence-corrected chi connectivity index (χ1v) is 5.39. The number of hydrogen-bond donors (Lipinski definition) is 5. The maximum atomic E-state index is 11.9. The first-order chi connectivity index (χ1) is 8.97. The molecule has 98 valence electrons. The maximum Gasteiger partial charge on any atom is 0.255 e. The fraction of sp³-hybridized carbons (Fsp3) is 0. The van der Waals surface area contributed by atoms with Crippen LogP contribution in [0.5, 0.6) is 17.2 Å². The third-order valence-electron chi connectivity index (χ3n) is 2.52. The smallest absolute Gasteiger partial charge is 0.255 e. The molecular weight excluding hydrogens is 248 g/mol. The Bertz CT molecular complexity index is 641. The van der Waals surface area contributed by atoms with Crippen molar-refractivity contribution < 1.29 is 20.1 Å². The molecule has 2 aromatic carbocycles. The molecule has 6 N–H and O–H groups in total. The minimum atomic E-state index is -0.493. The summed E-state index contributed by atoms with van der Waals surface area (Å²) in [5.74, 6) is -1.18. The quantitative estimate of drug-likeness (QED) is 0.320. The number of nitrogens with one attached hydrogen (secondary N) is 1. The molecule has 0 aromatic heterocycles. The van der Waals surface area contributed by atoms with Gasteiger partial charge in [0.1, 0.15) is 5.75 Å². The average Bonchev–Trinajstić information content (AvgIpc) is 2.36. The molecule has 2 aromatic rings. The molecule has 6 nitrogen and oxygen atoms in total. The molecule has 0 bridgehead atoms. The van der Waals surface area contributed by atoms with E-state index in [1.165, 1.54) is 30.3 Å². The molecule has 0 heterocycles. The van der Waals surface area contributed by atoms with Crippen LogP contribution in [0.1, 0.15) is 10.4 Å². The van der Waals surface area contributed by atoms with Gasteiger partial charge in [-0.15, -0.1) is 0 Å². The summed E-state index contributed by atoms with van der Waals surface area (Å²) in [5.41, 5.74) is 6.37. The Hall–Kier alpha value is -2.89. The van der Waals surface area contributed by atoms with Gasteiger partial charge in [-0.05, 0) is 30.3 Å². The molecule has 0 aliphatic rings. The lowest BCUT2D eigenvalue weighted by molar-refractivity contribution is 0.102. The Balaban J connectivity index is 2.23. The molecule has 0 radical (unpaired) electrons. The van der Waals surface area contributed by atoms with E-state index < -0.39 is 5.91 Å². The maximum absolute atomic E-state index is 11.9. The fourth-order valence-electron chi connectivity index (χ4n) is 1.52. The number of nitrogen functional groups attached to an aromatic ring is 1. The molecule has 0 unspecified atom stereocenters. The zero-order valence-corrected chi connectivity index (χ0v) is 9.79. The van der Waals surface area contributed by atoms with E-state index in [0.29, 0.717) is 5.69 Å². The molecule has 0 atom stereocenters. The molecule has 0 aliphatic heterocycles. The van der Waals surface area contributed by atoms with Crippen LogP contribution in [-0.2, 0) is 0 Å². The molecule has 2 rings (SSSR count). The Morgan fingerprint density at radius 2 is 1.74 bits per heavy atom. The van der Waals surface area contributed by atoms with Gasteiger partial charge >= 0.3 is 0 Å². The van der Waals surface area contributed by atoms with E-state index in [-0.39, 0.29) is 28.5 Å². The van der Waals surface area contributed by atoms with Crippen molar-refractivity contribution >= 4 is 17.3 Å². The Morgan fingerprint density at radius 1 is 1.00 bits per heavy atom. The highest BCUT2D eigenvalue weighted by Crippen LogP contribution is 2.27. The standard InChI is InChI=1S/C13H12N2O4/c14-9-6-8(16)2-3-10(9)15-13(19)7-1-4-11(17)12(18)5-7/h1-6,16-18H,14H2,(H,15,19). The monoisotopic (exact) mass is 260 g/mol. The highest BCUT2D eigenvalue weighted by molar-refractivity contribution is 6.06. The van der Waals surface area contributed by atoms with Gasteiger partial charge in [0.05, 0.1) is 11.4 Å². The zero-order chi connectivity index (χ0) is 14.0. The van der Waals surface area contributed by atoms with Crippen molar-refractivity contribution in [3.8, 4) is 17.2 Å². The molecule has 0 saturated carbocycles. The van der Waals surface area contributed by atoms with Crippen LogP contribution in [0.25, 0.3) is 0 Å². The lowest BCUT2D eigenvalue weighted by Crippen LogP contribution is -2.12. The van der Waals surface area contributed by atoms with Crippen molar-refractivity contribution in [1.82, 2.24) is 0 Å². The van der Waals surface area contributed by atoms with Crippen molar-refractivity contribution in [1.29, 1.82) is 0 Å². The van der Waals surface area contributed by atoms with Crippen molar-refractivity contribution in [3.63, 3.8) is 0 Å². The average molecular weight is 260 g/mol. The van der Waals surface area contributed by atoms with Crippen LogP contribution >= 0.6 is 0 Å². The number of carbonyl (C=O) groups excluding carboxylic acids is 1. The number of aromatic hydroxyl groups is 3. The van der Waals surface area contributed by atoms with E-state index in [1.807, 2.05) is 0 Å². The Kier molecular flexibility index (Phi) is 3.15. The summed E-state index contributed by atoms with van der Waals surface area (Å²) in [7, 11) is 0. The van der Waals surface area contributed by atoms with Gasteiger partial charge in [-0.2, -0.15) is 0 Å². The largest absolute Gasteiger partial charge is 0.508 e. The molecule has 1 amide bonds. The van der Waals surface area contributed by atoms with Gasteiger partial charge in [0.25, 0.3) is 5.91 Å². The van der Waals surface area contributed by atoms with Crippen LogP contribution in [0.3, 0.4) is 0 Å². The second kappa shape index (κ2) is 4.77. The van der Waals surface area contributed by atoms with E-state index in [2.05, 4.69) is 5.32 Å². The van der Waals surface area contributed by atoms with Gasteiger partial charge in [0.2, 0.25) is 0 Å². The SMILES string of the molecule is Nc1cc(O)ccc1NC(=O)c1ccc(O)c(O)c1. The van der Waals surface area contributed by atoms with Gasteiger partial charge < -0.3 is 26.4 Å². The van der Waals surface area contributed by atoms with E-state index in [9.17, 15) is 15.0 Å². The number of carbonyl (C=O) groups is 1. The number of hydrogen-bond acceptors (Lipinski definition) is 5. The van der Waals surface area contributed by atoms with E-state index in [1.54, 1.807) is 0 Å². The van der Waals surface area contributed by atoms with Crippen LogP contribution < -0.4 is 11.1 Å². The second-order valence-electron chi connectivity index (χ2n) is 3.93.